The molecule has 2 aliphatic heterocycles. The standard InChI is InChI=1S/C16H20N2O2S/c1-11-2-4-12(5-3-11)14-10-21-9-8-18(14)16(20)13-6-7-15(19)17-13/h2-5,13-14H,6-10H2,1H3,(H,17,19)/t13-,14+/m1/s1. The number of thioether (sulfide) groups is 1. The van der Waals surface area contributed by atoms with E-state index in [2.05, 4.69) is 36.5 Å². The Hall–Kier alpha value is -1.49. The Balaban J connectivity index is 1.79. The minimum atomic E-state index is -0.325. The smallest absolute Gasteiger partial charge is 0.245 e. The van der Waals surface area contributed by atoms with E-state index in [1.54, 1.807) is 0 Å². The number of nitrogens with one attached hydrogen (secondary N) is 1. The van der Waals surface area contributed by atoms with Crippen molar-refractivity contribution < 1.29 is 9.59 Å². The van der Waals surface area contributed by atoms with E-state index >= 15 is 0 Å². The van der Waals surface area contributed by atoms with Crippen molar-refractivity contribution >= 4 is 23.6 Å². The fraction of sp³-hybridized carbons (Fsp3) is 0.500. The van der Waals surface area contributed by atoms with Crippen molar-refractivity contribution in [3.8, 4) is 0 Å². The van der Waals surface area contributed by atoms with Gasteiger partial charge in [0.05, 0.1) is 6.04 Å². The highest BCUT2D eigenvalue weighted by molar-refractivity contribution is 7.99. The highest BCUT2D eigenvalue weighted by Crippen LogP contribution is 2.31. The summed E-state index contributed by atoms with van der Waals surface area (Å²) in [5.74, 6) is 1.96. The van der Waals surface area contributed by atoms with E-state index in [4.69, 9.17) is 0 Å². The van der Waals surface area contributed by atoms with Gasteiger partial charge in [-0.2, -0.15) is 11.8 Å². The van der Waals surface area contributed by atoms with Crippen molar-refractivity contribution in [2.24, 2.45) is 0 Å². The lowest BCUT2D eigenvalue weighted by atomic mass is 10.0. The topological polar surface area (TPSA) is 49.4 Å². The molecule has 3 rings (SSSR count). The second-order valence-corrected chi connectivity index (χ2v) is 6.84. The zero-order valence-electron chi connectivity index (χ0n) is 12.2. The normalized spacial score (nSPS) is 25.8. The Morgan fingerprint density at radius 3 is 2.76 bits per heavy atom. The highest BCUT2D eigenvalue weighted by atomic mass is 32.2. The lowest BCUT2D eigenvalue weighted by molar-refractivity contribution is -0.136. The number of hydrogen-bond donors (Lipinski definition) is 1. The largest absolute Gasteiger partial charge is 0.344 e. The Labute approximate surface area is 129 Å². The maximum atomic E-state index is 12.7. The molecule has 2 atom stereocenters. The van der Waals surface area contributed by atoms with Gasteiger partial charge in [0, 0.05) is 24.5 Å². The first-order valence-electron chi connectivity index (χ1n) is 7.39. The van der Waals surface area contributed by atoms with Gasteiger partial charge in [0.25, 0.3) is 0 Å². The van der Waals surface area contributed by atoms with Crippen LogP contribution in [0.1, 0.15) is 30.0 Å². The summed E-state index contributed by atoms with van der Waals surface area (Å²) in [6, 6.07) is 8.20. The van der Waals surface area contributed by atoms with Crippen molar-refractivity contribution in [3.63, 3.8) is 0 Å². The van der Waals surface area contributed by atoms with E-state index in [1.165, 1.54) is 11.1 Å². The number of rotatable bonds is 2. The van der Waals surface area contributed by atoms with Gasteiger partial charge in [-0.15, -0.1) is 0 Å². The second kappa shape index (κ2) is 6.10. The zero-order valence-corrected chi connectivity index (χ0v) is 13.0. The Morgan fingerprint density at radius 1 is 1.33 bits per heavy atom. The Bertz CT molecular complexity index is 544. The number of amides is 2. The van der Waals surface area contributed by atoms with Crippen molar-refractivity contribution in [1.82, 2.24) is 10.2 Å². The van der Waals surface area contributed by atoms with Gasteiger partial charge in [0.1, 0.15) is 6.04 Å². The van der Waals surface area contributed by atoms with Gasteiger partial charge in [-0.25, -0.2) is 0 Å². The van der Waals surface area contributed by atoms with Crippen LogP contribution >= 0.6 is 11.8 Å². The van der Waals surface area contributed by atoms with E-state index < -0.39 is 0 Å². The van der Waals surface area contributed by atoms with E-state index in [0.29, 0.717) is 12.8 Å². The van der Waals surface area contributed by atoms with Crippen LogP contribution in [0, 0.1) is 6.92 Å². The molecule has 0 radical (unpaired) electrons. The van der Waals surface area contributed by atoms with E-state index in [9.17, 15) is 9.59 Å². The minimum absolute atomic E-state index is 0.00776. The van der Waals surface area contributed by atoms with Crippen molar-refractivity contribution in [2.75, 3.05) is 18.1 Å². The van der Waals surface area contributed by atoms with E-state index in [-0.39, 0.29) is 23.9 Å². The quantitative estimate of drug-likeness (QED) is 0.908. The van der Waals surface area contributed by atoms with Crippen molar-refractivity contribution in [3.05, 3.63) is 35.4 Å². The number of hydrogen-bond acceptors (Lipinski definition) is 3. The zero-order chi connectivity index (χ0) is 14.8. The maximum absolute atomic E-state index is 12.7. The first-order valence-corrected chi connectivity index (χ1v) is 8.55. The van der Waals surface area contributed by atoms with Crippen LogP contribution in [-0.4, -0.2) is 40.8 Å². The first-order chi connectivity index (χ1) is 10.1. The first kappa shape index (κ1) is 14.4. The predicted octanol–water partition coefficient (Wildman–Crippen LogP) is 1.89. The van der Waals surface area contributed by atoms with Crippen molar-refractivity contribution in [1.29, 1.82) is 0 Å². The second-order valence-electron chi connectivity index (χ2n) is 5.69. The monoisotopic (exact) mass is 304 g/mol. The predicted molar refractivity (Wildman–Crippen MR) is 84.1 cm³/mol. The third-order valence-corrected chi connectivity index (χ3v) is 5.19. The molecular weight excluding hydrogens is 284 g/mol. The molecule has 0 aliphatic carbocycles. The Morgan fingerprint density at radius 2 is 2.10 bits per heavy atom. The molecule has 21 heavy (non-hydrogen) atoms. The average Bonchev–Trinajstić information content (AvgIpc) is 2.94. The van der Waals surface area contributed by atoms with Gasteiger partial charge in [-0.05, 0) is 18.9 Å². The number of carbonyl (C=O) groups excluding carboxylic acids is 2. The van der Waals surface area contributed by atoms with Gasteiger partial charge in [-0.3, -0.25) is 9.59 Å². The van der Waals surface area contributed by atoms with Crippen LogP contribution in [0.4, 0.5) is 0 Å². The molecule has 0 saturated carbocycles. The van der Waals surface area contributed by atoms with Crippen LogP contribution in [0.2, 0.25) is 0 Å². The SMILES string of the molecule is Cc1ccc([C@@H]2CSCCN2C(=O)[C@H]2CCC(=O)N2)cc1. The molecule has 2 heterocycles. The summed E-state index contributed by atoms with van der Waals surface area (Å²) in [5, 5.41) is 2.80. The van der Waals surface area contributed by atoms with Crippen LogP contribution in [-0.2, 0) is 9.59 Å². The molecule has 2 saturated heterocycles. The lowest BCUT2D eigenvalue weighted by Crippen LogP contribution is -2.49. The number of aryl methyl sites for hydroxylation is 1. The molecule has 2 fully saturated rings. The lowest BCUT2D eigenvalue weighted by Gasteiger charge is -2.37. The fourth-order valence-electron chi connectivity index (χ4n) is 2.93. The minimum Gasteiger partial charge on any atom is -0.344 e. The molecule has 1 N–H and O–H groups in total. The molecular formula is C16H20N2O2S. The van der Waals surface area contributed by atoms with Crippen molar-refractivity contribution in [2.45, 2.75) is 31.8 Å². The summed E-state index contributed by atoms with van der Waals surface area (Å²) in [5.41, 5.74) is 2.41. The van der Waals surface area contributed by atoms with Crippen LogP contribution in [0.5, 0.6) is 0 Å². The third-order valence-electron chi connectivity index (χ3n) is 4.17. The molecule has 4 nitrogen and oxygen atoms in total. The van der Waals surface area contributed by atoms with Gasteiger partial charge < -0.3 is 10.2 Å². The van der Waals surface area contributed by atoms with Gasteiger partial charge in [0.2, 0.25) is 11.8 Å². The number of carbonyl (C=O) groups is 2. The van der Waals surface area contributed by atoms with Crippen LogP contribution in [0.3, 0.4) is 0 Å². The fourth-order valence-corrected chi connectivity index (χ4v) is 4.02. The third kappa shape index (κ3) is 3.07. The van der Waals surface area contributed by atoms with Gasteiger partial charge in [0.15, 0.2) is 0 Å². The molecule has 0 aromatic heterocycles. The summed E-state index contributed by atoms with van der Waals surface area (Å²) in [6.45, 7) is 2.82. The molecule has 112 valence electrons. The summed E-state index contributed by atoms with van der Waals surface area (Å²) in [6.07, 6.45) is 1.09. The molecule has 0 bridgehead atoms. The van der Waals surface area contributed by atoms with Crippen LogP contribution in [0.25, 0.3) is 0 Å². The molecule has 0 unspecified atom stereocenters. The molecule has 1 aromatic carbocycles. The van der Waals surface area contributed by atoms with Crippen LogP contribution < -0.4 is 5.32 Å². The molecule has 0 spiro atoms. The molecule has 2 amide bonds. The van der Waals surface area contributed by atoms with Crippen LogP contribution in [0.15, 0.2) is 24.3 Å². The average molecular weight is 304 g/mol. The van der Waals surface area contributed by atoms with Gasteiger partial charge in [-0.1, -0.05) is 29.8 Å². The molecule has 2 aliphatic rings. The number of nitrogens with zero attached hydrogens (tertiary/aromatic N) is 1. The van der Waals surface area contributed by atoms with Gasteiger partial charge >= 0.3 is 0 Å². The summed E-state index contributed by atoms with van der Waals surface area (Å²) in [7, 11) is 0. The Kier molecular flexibility index (Phi) is 4.19. The summed E-state index contributed by atoms with van der Waals surface area (Å²) >= 11 is 1.89. The summed E-state index contributed by atoms with van der Waals surface area (Å²) in [4.78, 5) is 26.0. The molecule has 5 heteroatoms. The maximum Gasteiger partial charge on any atom is 0.245 e. The summed E-state index contributed by atoms with van der Waals surface area (Å²) < 4.78 is 0. The number of benzene rings is 1. The highest BCUT2D eigenvalue weighted by Gasteiger charge is 2.35. The van der Waals surface area contributed by atoms with E-state index in [1.807, 2.05) is 16.7 Å². The van der Waals surface area contributed by atoms with E-state index in [0.717, 1.165) is 18.1 Å². The molecule has 1 aromatic rings.